The summed E-state index contributed by atoms with van der Waals surface area (Å²) in [6.07, 6.45) is 1.75. The third kappa shape index (κ3) is 2.03. The van der Waals surface area contributed by atoms with E-state index in [1.54, 1.807) is 25.1 Å². The maximum absolute atomic E-state index is 12.7. The second-order valence-electron chi connectivity index (χ2n) is 5.20. The Bertz CT molecular complexity index is 830. The van der Waals surface area contributed by atoms with Gasteiger partial charge >= 0.3 is 0 Å². The van der Waals surface area contributed by atoms with E-state index in [2.05, 4.69) is 10.3 Å². The van der Waals surface area contributed by atoms with Gasteiger partial charge in [-0.15, -0.1) is 0 Å². The highest BCUT2D eigenvalue weighted by atomic mass is 35.5. The van der Waals surface area contributed by atoms with E-state index < -0.39 is 17.0 Å². The van der Waals surface area contributed by atoms with Crippen molar-refractivity contribution in [1.82, 2.24) is 14.9 Å². The second-order valence-corrected chi connectivity index (χ2v) is 5.61. The molecule has 0 saturated carbocycles. The quantitative estimate of drug-likeness (QED) is 0.803. The largest absolute Gasteiger partial charge is 0.294 e. The molecule has 1 N–H and O–H groups in total. The van der Waals surface area contributed by atoms with Crippen LogP contribution in [-0.2, 0) is 15.1 Å². The average Bonchev–Trinajstić information content (AvgIpc) is 2.44. The zero-order valence-corrected chi connectivity index (χ0v) is 12.0. The average molecular weight is 306 g/mol. The van der Waals surface area contributed by atoms with Crippen molar-refractivity contribution in [3.8, 4) is 0 Å². The van der Waals surface area contributed by atoms with Gasteiger partial charge in [0.25, 0.3) is 11.5 Å². The summed E-state index contributed by atoms with van der Waals surface area (Å²) < 4.78 is 1.25. The number of hydrogen-bond acceptors (Lipinski definition) is 4. The first-order valence-electron chi connectivity index (χ1n) is 6.44. The molecule has 0 aliphatic carbocycles. The summed E-state index contributed by atoms with van der Waals surface area (Å²) in [5.74, 6) is -0.841. The van der Waals surface area contributed by atoms with Gasteiger partial charge in [-0.2, -0.15) is 0 Å². The van der Waals surface area contributed by atoms with E-state index >= 15 is 0 Å². The molecule has 21 heavy (non-hydrogen) atoms. The predicted molar refractivity (Wildman–Crippen MR) is 77.0 cm³/mol. The van der Waals surface area contributed by atoms with Crippen molar-refractivity contribution in [2.75, 3.05) is 0 Å². The highest BCUT2D eigenvalue weighted by Crippen LogP contribution is 2.26. The molecule has 7 heteroatoms. The third-order valence-electron chi connectivity index (χ3n) is 3.85. The van der Waals surface area contributed by atoms with Crippen LogP contribution in [0.2, 0.25) is 5.02 Å². The number of carbonyl (C=O) groups excluding carboxylic acids is 2. The number of nitrogens with zero attached hydrogens (tertiary/aromatic N) is 2. The molecule has 1 atom stereocenters. The zero-order valence-electron chi connectivity index (χ0n) is 11.2. The molecule has 1 aliphatic heterocycles. The number of rotatable bonds is 1. The third-order valence-corrected chi connectivity index (χ3v) is 4.16. The molecule has 1 aromatic heterocycles. The van der Waals surface area contributed by atoms with Crippen LogP contribution in [0.5, 0.6) is 0 Å². The highest BCUT2D eigenvalue weighted by molar-refractivity contribution is 6.35. The minimum Gasteiger partial charge on any atom is -0.294 e. The van der Waals surface area contributed by atoms with E-state index in [1.165, 1.54) is 10.9 Å². The molecule has 2 amide bonds. The number of benzene rings is 1. The minimum absolute atomic E-state index is 0.176. The normalized spacial score (nSPS) is 22.4. The number of carbonyl (C=O) groups is 2. The molecule has 1 aliphatic rings. The molecule has 1 saturated heterocycles. The van der Waals surface area contributed by atoms with Gasteiger partial charge in [-0.3, -0.25) is 24.3 Å². The Balaban J connectivity index is 2.24. The Morgan fingerprint density at radius 3 is 2.81 bits per heavy atom. The van der Waals surface area contributed by atoms with E-state index in [1.807, 2.05) is 0 Å². The smallest absolute Gasteiger partial charge is 0.263 e. The molecule has 2 heterocycles. The maximum Gasteiger partial charge on any atom is 0.263 e. The topological polar surface area (TPSA) is 81.1 Å². The lowest BCUT2D eigenvalue weighted by Gasteiger charge is -2.33. The second kappa shape index (κ2) is 4.66. The van der Waals surface area contributed by atoms with Gasteiger partial charge in [0.05, 0.1) is 22.3 Å². The monoisotopic (exact) mass is 305 g/mol. The molecular formula is C14H12ClN3O3. The van der Waals surface area contributed by atoms with Crippen LogP contribution in [0.15, 0.2) is 29.3 Å². The fourth-order valence-corrected chi connectivity index (χ4v) is 2.75. The molecule has 0 radical (unpaired) electrons. The first kappa shape index (κ1) is 13.8. The molecule has 6 nitrogen and oxygen atoms in total. The number of imide groups is 1. The van der Waals surface area contributed by atoms with Crippen LogP contribution in [0.25, 0.3) is 10.9 Å². The van der Waals surface area contributed by atoms with Crippen LogP contribution in [0.1, 0.15) is 19.8 Å². The summed E-state index contributed by atoms with van der Waals surface area (Å²) in [6, 6.07) is 4.99. The lowest BCUT2D eigenvalue weighted by molar-refractivity contribution is -0.140. The molecule has 0 spiro atoms. The first-order chi connectivity index (χ1) is 9.93. The Hall–Kier alpha value is -2.21. The van der Waals surface area contributed by atoms with Gasteiger partial charge in [-0.05, 0) is 25.5 Å². The molecule has 2 aromatic rings. The lowest BCUT2D eigenvalue weighted by Crippen LogP contribution is -2.55. The molecule has 108 valence electrons. The molecular weight excluding hydrogens is 294 g/mol. The Morgan fingerprint density at radius 2 is 2.10 bits per heavy atom. The van der Waals surface area contributed by atoms with Crippen LogP contribution in [0.4, 0.5) is 0 Å². The van der Waals surface area contributed by atoms with Gasteiger partial charge in [0.15, 0.2) is 0 Å². The van der Waals surface area contributed by atoms with Crippen molar-refractivity contribution in [3.05, 3.63) is 39.9 Å². The Morgan fingerprint density at radius 1 is 1.33 bits per heavy atom. The van der Waals surface area contributed by atoms with Crippen LogP contribution in [-0.4, -0.2) is 21.4 Å². The summed E-state index contributed by atoms with van der Waals surface area (Å²) in [7, 11) is 0. The summed E-state index contributed by atoms with van der Waals surface area (Å²) in [6.45, 7) is 1.61. The summed E-state index contributed by atoms with van der Waals surface area (Å²) in [5, 5.41) is 2.82. The van der Waals surface area contributed by atoms with Gasteiger partial charge in [0, 0.05) is 6.42 Å². The van der Waals surface area contributed by atoms with Crippen molar-refractivity contribution in [3.63, 3.8) is 0 Å². The van der Waals surface area contributed by atoms with E-state index in [4.69, 9.17) is 11.6 Å². The zero-order chi connectivity index (χ0) is 15.2. The molecule has 1 fully saturated rings. The number of hydrogen-bond donors (Lipinski definition) is 1. The first-order valence-corrected chi connectivity index (χ1v) is 6.82. The standard InChI is InChI=1S/C14H12ClN3O3/c1-14(6-5-10(19)17-13(14)21)18-7-16-9-4-2-3-8(15)11(9)12(18)20/h2-4,7H,5-6H2,1H3,(H,17,19,21)/t14-/m1/s1. The molecule has 0 bridgehead atoms. The number of piperidine rings is 1. The molecule has 0 unspecified atom stereocenters. The van der Waals surface area contributed by atoms with E-state index in [9.17, 15) is 14.4 Å². The van der Waals surface area contributed by atoms with Crippen molar-refractivity contribution in [2.24, 2.45) is 0 Å². The van der Waals surface area contributed by atoms with Gasteiger partial charge in [0.2, 0.25) is 5.91 Å². The van der Waals surface area contributed by atoms with E-state index in [0.29, 0.717) is 5.52 Å². The van der Waals surface area contributed by atoms with Crippen LogP contribution in [0.3, 0.4) is 0 Å². The van der Waals surface area contributed by atoms with Gasteiger partial charge in [-0.1, -0.05) is 17.7 Å². The van der Waals surface area contributed by atoms with Gasteiger partial charge in [0.1, 0.15) is 5.54 Å². The van der Waals surface area contributed by atoms with Gasteiger partial charge in [-0.25, -0.2) is 4.98 Å². The van der Waals surface area contributed by atoms with Crippen molar-refractivity contribution >= 4 is 34.3 Å². The van der Waals surface area contributed by atoms with E-state index in [0.717, 1.165) is 0 Å². The maximum atomic E-state index is 12.7. The summed E-state index contributed by atoms with van der Waals surface area (Å²) in [5.41, 5.74) is -1.07. The van der Waals surface area contributed by atoms with Crippen molar-refractivity contribution in [1.29, 1.82) is 0 Å². The van der Waals surface area contributed by atoms with Gasteiger partial charge < -0.3 is 0 Å². The fraction of sp³-hybridized carbons (Fsp3) is 0.286. The number of aromatic nitrogens is 2. The van der Waals surface area contributed by atoms with E-state index in [-0.39, 0.29) is 29.2 Å². The van der Waals surface area contributed by atoms with Crippen LogP contribution >= 0.6 is 11.6 Å². The Kier molecular flexibility index (Phi) is 3.06. The van der Waals surface area contributed by atoms with Crippen LogP contribution in [0, 0.1) is 0 Å². The predicted octanol–water partition coefficient (Wildman–Crippen LogP) is 1.20. The number of nitrogens with one attached hydrogen (secondary N) is 1. The SMILES string of the molecule is C[C@@]1(n2cnc3cccc(Cl)c3c2=O)CCC(=O)NC1=O. The fourth-order valence-electron chi connectivity index (χ4n) is 2.50. The number of amides is 2. The lowest BCUT2D eigenvalue weighted by atomic mass is 9.90. The molecule has 1 aromatic carbocycles. The summed E-state index contributed by atoms with van der Waals surface area (Å²) in [4.78, 5) is 40.3. The minimum atomic E-state index is -1.15. The number of fused-ring (bicyclic) bond motifs is 1. The van der Waals surface area contributed by atoms with Crippen LogP contribution < -0.4 is 10.9 Å². The summed E-state index contributed by atoms with van der Waals surface area (Å²) >= 11 is 6.07. The highest BCUT2D eigenvalue weighted by Gasteiger charge is 2.41. The molecule has 3 rings (SSSR count). The van der Waals surface area contributed by atoms with Crippen molar-refractivity contribution < 1.29 is 9.59 Å². The Labute approximate surface area is 124 Å². The van der Waals surface area contributed by atoms with Crippen molar-refractivity contribution in [2.45, 2.75) is 25.3 Å². The number of halogens is 1.